The maximum Gasteiger partial charge on any atom is 0.0961 e. The molecular formula is C6H11N3. The number of hydrogen-bond donors (Lipinski definition) is 1. The third kappa shape index (κ3) is 0.812. The second-order valence-corrected chi connectivity index (χ2v) is 2.59. The Labute approximate surface area is 54.7 Å². The van der Waals surface area contributed by atoms with E-state index in [9.17, 15) is 0 Å². The van der Waals surface area contributed by atoms with Gasteiger partial charge in [-0.05, 0) is 12.8 Å². The molecule has 1 N–H and O–H groups in total. The molecule has 2 rings (SSSR count). The number of fused-ring (bicyclic) bond motifs is 1. The van der Waals surface area contributed by atoms with E-state index in [1.54, 1.807) is 0 Å². The van der Waals surface area contributed by atoms with E-state index in [0.29, 0.717) is 6.17 Å². The quantitative estimate of drug-likeness (QED) is 0.493. The normalized spacial score (nSPS) is 34.0. The molecule has 3 heteroatoms. The first-order valence-electron chi connectivity index (χ1n) is 3.48. The van der Waals surface area contributed by atoms with Crippen LogP contribution >= 0.6 is 0 Å². The van der Waals surface area contributed by atoms with E-state index in [0.717, 1.165) is 6.54 Å². The fraction of sp³-hybridized carbons (Fsp3) is 0.833. The molecule has 0 spiro atoms. The van der Waals surface area contributed by atoms with Gasteiger partial charge in [-0.1, -0.05) is 0 Å². The highest BCUT2D eigenvalue weighted by Crippen LogP contribution is 2.14. The molecule has 2 aliphatic heterocycles. The Hall–Kier alpha value is -0.570. The molecule has 0 aliphatic carbocycles. The SMILES string of the molecule is C1=NNC2CCCN2C1. The molecule has 9 heavy (non-hydrogen) atoms. The summed E-state index contributed by atoms with van der Waals surface area (Å²) < 4.78 is 0. The van der Waals surface area contributed by atoms with E-state index in [2.05, 4.69) is 15.4 Å². The minimum atomic E-state index is 0.551. The van der Waals surface area contributed by atoms with Gasteiger partial charge in [0.05, 0.1) is 6.17 Å². The molecule has 1 fully saturated rings. The van der Waals surface area contributed by atoms with Gasteiger partial charge in [0.2, 0.25) is 0 Å². The highest BCUT2D eigenvalue weighted by Gasteiger charge is 2.24. The van der Waals surface area contributed by atoms with Crippen molar-refractivity contribution < 1.29 is 0 Å². The van der Waals surface area contributed by atoms with Crippen LogP contribution in [0.2, 0.25) is 0 Å². The first-order chi connectivity index (χ1) is 4.47. The smallest absolute Gasteiger partial charge is 0.0961 e. The van der Waals surface area contributed by atoms with E-state index < -0.39 is 0 Å². The van der Waals surface area contributed by atoms with Crippen LogP contribution in [0.25, 0.3) is 0 Å². The summed E-state index contributed by atoms with van der Waals surface area (Å²) in [4.78, 5) is 2.41. The number of hydrogen-bond acceptors (Lipinski definition) is 3. The van der Waals surface area contributed by atoms with Gasteiger partial charge >= 0.3 is 0 Å². The molecule has 0 bridgehead atoms. The third-order valence-corrected chi connectivity index (χ3v) is 1.99. The Bertz CT molecular complexity index is 118. The van der Waals surface area contributed by atoms with E-state index in [4.69, 9.17) is 0 Å². The van der Waals surface area contributed by atoms with Crippen molar-refractivity contribution in [2.75, 3.05) is 13.1 Å². The van der Waals surface area contributed by atoms with Crippen molar-refractivity contribution in [2.45, 2.75) is 19.0 Å². The van der Waals surface area contributed by atoms with Crippen LogP contribution in [0.15, 0.2) is 5.10 Å². The van der Waals surface area contributed by atoms with Gasteiger partial charge in [0, 0.05) is 19.3 Å². The number of nitrogens with one attached hydrogen (secondary N) is 1. The molecule has 1 unspecified atom stereocenters. The van der Waals surface area contributed by atoms with Gasteiger partial charge in [-0.25, -0.2) is 0 Å². The molecular weight excluding hydrogens is 114 g/mol. The van der Waals surface area contributed by atoms with Crippen molar-refractivity contribution in [1.82, 2.24) is 10.3 Å². The monoisotopic (exact) mass is 125 g/mol. The Morgan fingerprint density at radius 1 is 1.67 bits per heavy atom. The summed E-state index contributed by atoms with van der Waals surface area (Å²) in [7, 11) is 0. The lowest BCUT2D eigenvalue weighted by Crippen LogP contribution is -2.43. The molecule has 0 amide bonds. The summed E-state index contributed by atoms with van der Waals surface area (Å²) in [6, 6.07) is 0. The fourth-order valence-electron chi connectivity index (χ4n) is 1.48. The zero-order valence-electron chi connectivity index (χ0n) is 5.38. The highest BCUT2D eigenvalue weighted by molar-refractivity contribution is 5.60. The Morgan fingerprint density at radius 2 is 2.67 bits per heavy atom. The summed E-state index contributed by atoms with van der Waals surface area (Å²) in [6.45, 7) is 2.28. The standard InChI is InChI=1S/C6H11N3/c1-2-6-8-7-3-5-9(6)4-1/h3,6,8H,1-2,4-5H2. The van der Waals surface area contributed by atoms with E-state index in [1.807, 2.05) is 6.21 Å². The summed E-state index contributed by atoms with van der Waals surface area (Å²) in [6.07, 6.45) is 5.06. The van der Waals surface area contributed by atoms with E-state index in [1.165, 1.54) is 19.4 Å². The Kier molecular flexibility index (Phi) is 1.16. The molecule has 2 heterocycles. The average Bonchev–Trinajstić information content (AvgIpc) is 2.33. The highest BCUT2D eigenvalue weighted by atomic mass is 15.4. The van der Waals surface area contributed by atoms with Crippen LogP contribution in [-0.2, 0) is 0 Å². The first kappa shape index (κ1) is 5.23. The van der Waals surface area contributed by atoms with Crippen LogP contribution in [-0.4, -0.2) is 30.4 Å². The summed E-state index contributed by atoms with van der Waals surface area (Å²) in [5.41, 5.74) is 3.08. The zero-order chi connectivity index (χ0) is 6.10. The predicted octanol–water partition coefficient (Wildman–Crippen LogP) is -0.00270. The summed E-state index contributed by atoms with van der Waals surface area (Å²) in [5, 5.41) is 4.00. The van der Waals surface area contributed by atoms with Gasteiger partial charge < -0.3 is 0 Å². The average molecular weight is 125 g/mol. The van der Waals surface area contributed by atoms with Crippen LogP contribution in [0.3, 0.4) is 0 Å². The first-order valence-corrected chi connectivity index (χ1v) is 3.48. The fourth-order valence-corrected chi connectivity index (χ4v) is 1.48. The topological polar surface area (TPSA) is 27.6 Å². The molecule has 3 nitrogen and oxygen atoms in total. The number of nitrogens with zero attached hydrogens (tertiary/aromatic N) is 2. The number of hydrazone groups is 1. The predicted molar refractivity (Wildman–Crippen MR) is 36.2 cm³/mol. The molecule has 0 saturated carbocycles. The summed E-state index contributed by atoms with van der Waals surface area (Å²) >= 11 is 0. The third-order valence-electron chi connectivity index (χ3n) is 1.99. The largest absolute Gasteiger partial charge is 0.293 e. The minimum Gasteiger partial charge on any atom is -0.293 e. The lowest BCUT2D eigenvalue weighted by atomic mass is 10.3. The van der Waals surface area contributed by atoms with Gasteiger partial charge in [0.15, 0.2) is 0 Å². The minimum absolute atomic E-state index is 0.551. The van der Waals surface area contributed by atoms with Crippen molar-refractivity contribution in [2.24, 2.45) is 5.10 Å². The maximum atomic E-state index is 4.00. The molecule has 1 atom stereocenters. The van der Waals surface area contributed by atoms with Crippen molar-refractivity contribution in [3.05, 3.63) is 0 Å². The lowest BCUT2D eigenvalue weighted by molar-refractivity contribution is 0.238. The van der Waals surface area contributed by atoms with Gasteiger partial charge in [0.1, 0.15) is 0 Å². The van der Waals surface area contributed by atoms with Crippen molar-refractivity contribution in [3.63, 3.8) is 0 Å². The molecule has 2 aliphatic rings. The maximum absolute atomic E-state index is 4.00. The van der Waals surface area contributed by atoms with Gasteiger partial charge in [0.25, 0.3) is 0 Å². The number of rotatable bonds is 0. The molecule has 1 saturated heterocycles. The van der Waals surface area contributed by atoms with Crippen LogP contribution in [0.1, 0.15) is 12.8 Å². The molecule has 0 radical (unpaired) electrons. The molecule has 0 aromatic carbocycles. The second kappa shape index (κ2) is 1.99. The van der Waals surface area contributed by atoms with Gasteiger partial charge in [-0.2, -0.15) is 5.10 Å². The molecule has 50 valence electrons. The van der Waals surface area contributed by atoms with Crippen molar-refractivity contribution >= 4 is 6.21 Å². The van der Waals surface area contributed by atoms with Crippen LogP contribution < -0.4 is 5.43 Å². The van der Waals surface area contributed by atoms with E-state index in [-0.39, 0.29) is 0 Å². The molecule has 0 aromatic heterocycles. The van der Waals surface area contributed by atoms with Crippen LogP contribution in [0.4, 0.5) is 0 Å². The van der Waals surface area contributed by atoms with Crippen molar-refractivity contribution in [1.29, 1.82) is 0 Å². The van der Waals surface area contributed by atoms with Gasteiger partial charge in [-0.3, -0.25) is 10.3 Å². The summed E-state index contributed by atoms with van der Waals surface area (Å²) in [5.74, 6) is 0. The second-order valence-electron chi connectivity index (χ2n) is 2.59. The Morgan fingerprint density at radius 3 is 3.56 bits per heavy atom. The van der Waals surface area contributed by atoms with Crippen molar-refractivity contribution in [3.8, 4) is 0 Å². The molecule has 0 aromatic rings. The van der Waals surface area contributed by atoms with Crippen LogP contribution in [0, 0.1) is 0 Å². The zero-order valence-corrected chi connectivity index (χ0v) is 5.38. The van der Waals surface area contributed by atoms with Crippen LogP contribution in [0.5, 0.6) is 0 Å². The van der Waals surface area contributed by atoms with Gasteiger partial charge in [-0.15, -0.1) is 0 Å². The Balaban J connectivity index is 2.07. The lowest BCUT2D eigenvalue weighted by Gasteiger charge is -2.25. The van der Waals surface area contributed by atoms with E-state index >= 15 is 0 Å².